The van der Waals surface area contributed by atoms with Gasteiger partial charge in [-0.05, 0) is 38.7 Å². The fraction of sp³-hybridized carbons (Fsp3) is 0.500. The van der Waals surface area contributed by atoms with Gasteiger partial charge >= 0.3 is 0 Å². The van der Waals surface area contributed by atoms with E-state index in [-0.39, 0.29) is 17.7 Å². The van der Waals surface area contributed by atoms with E-state index in [9.17, 15) is 4.79 Å². The average Bonchev–Trinajstić information content (AvgIpc) is 2.61. The van der Waals surface area contributed by atoms with Gasteiger partial charge in [-0.1, -0.05) is 6.42 Å². The molecule has 0 radical (unpaired) electrons. The Balaban J connectivity index is 1.89. The van der Waals surface area contributed by atoms with Crippen LogP contribution in [0.2, 0.25) is 0 Å². The Morgan fingerprint density at radius 3 is 2.42 bits per heavy atom. The highest BCUT2D eigenvalue weighted by molar-refractivity contribution is 6.10. The van der Waals surface area contributed by atoms with E-state index in [1.54, 1.807) is 12.1 Å². The first kappa shape index (κ1) is 16.7. The largest absolute Gasteiger partial charge is 0.486 e. The van der Waals surface area contributed by atoms with Crippen LogP contribution in [0.1, 0.15) is 49.4 Å². The van der Waals surface area contributed by atoms with E-state index in [0.717, 1.165) is 32.1 Å². The first-order valence-corrected chi connectivity index (χ1v) is 8.94. The molecule has 1 aliphatic carbocycles. The van der Waals surface area contributed by atoms with Crippen LogP contribution in [0.5, 0.6) is 11.5 Å². The molecule has 1 aromatic carbocycles. The second-order valence-electron chi connectivity index (χ2n) is 6.89. The van der Waals surface area contributed by atoms with Gasteiger partial charge in [-0.15, -0.1) is 0 Å². The zero-order valence-corrected chi connectivity index (χ0v) is 14.8. The number of anilines is 1. The summed E-state index contributed by atoms with van der Waals surface area (Å²) < 4.78 is 11.4. The number of benzene rings is 1. The molecule has 0 aromatic heterocycles. The number of aliphatic imine (C=N–C) groups is 2. The number of carbonyl (C=O) groups excluding carboxylic acids is 1. The van der Waals surface area contributed by atoms with Gasteiger partial charge in [0.1, 0.15) is 18.9 Å². The van der Waals surface area contributed by atoms with Crippen molar-refractivity contribution in [3.8, 4) is 11.5 Å². The lowest BCUT2D eigenvalue weighted by Gasteiger charge is -2.46. The number of guanidine groups is 2. The molecule has 1 spiro atoms. The molecular formula is C18H23N5O3. The van der Waals surface area contributed by atoms with Crippen LogP contribution in [-0.2, 0) is 0 Å². The Morgan fingerprint density at radius 2 is 1.77 bits per heavy atom. The van der Waals surface area contributed by atoms with E-state index in [2.05, 4.69) is 9.98 Å². The molecule has 2 heterocycles. The van der Waals surface area contributed by atoms with Gasteiger partial charge in [-0.25, -0.2) is 4.99 Å². The van der Waals surface area contributed by atoms with Crippen LogP contribution in [0.3, 0.4) is 0 Å². The molecule has 8 heteroatoms. The summed E-state index contributed by atoms with van der Waals surface area (Å²) in [6, 6.07) is 3.53. The van der Waals surface area contributed by atoms with Crippen LogP contribution < -0.4 is 25.8 Å². The van der Waals surface area contributed by atoms with E-state index >= 15 is 0 Å². The first-order valence-electron chi connectivity index (χ1n) is 8.94. The molecule has 4 rings (SSSR count). The minimum absolute atomic E-state index is 0.0849. The van der Waals surface area contributed by atoms with Gasteiger partial charge in [0.25, 0.3) is 0 Å². The number of carbonyl (C=O) groups is 1. The lowest BCUT2D eigenvalue weighted by molar-refractivity contribution is 0.101. The predicted octanol–water partition coefficient (Wildman–Crippen LogP) is 1.77. The van der Waals surface area contributed by atoms with Crippen molar-refractivity contribution >= 4 is 23.4 Å². The smallest absolute Gasteiger partial charge is 0.220 e. The van der Waals surface area contributed by atoms with Crippen LogP contribution >= 0.6 is 0 Å². The number of Topliss-reactive ketones (excluding diaryl/α,β-unsaturated/α-hetero) is 1. The van der Waals surface area contributed by atoms with Gasteiger partial charge in [0.2, 0.25) is 11.9 Å². The van der Waals surface area contributed by atoms with Crippen molar-refractivity contribution in [1.82, 2.24) is 0 Å². The third-order valence-corrected chi connectivity index (χ3v) is 5.13. The monoisotopic (exact) mass is 357 g/mol. The van der Waals surface area contributed by atoms with Gasteiger partial charge in [-0.2, -0.15) is 4.99 Å². The van der Waals surface area contributed by atoms with Crippen LogP contribution in [0.25, 0.3) is 0 Å². The van der Waals surface area contributed by atoms with Gasteiger partial charge in [0.05, 0.1) is 5.69 Å². The summed E-state index contributed by atoms with van der Waals surface area (Å²) in [5.74, 6) is 1.51. The molecule has 3 aliphatic rings. The van der Waals surface area contributed by atoms with Crippen molar-refractivity contribution < 1.29 is 14.3 Å². The number of fused-ring (bicyclic) bond motifs is 1. The van der Waals surface area contributed by atoms with Gasteiger partial charge < -0.3 is 20.9 Å². The maximum atomic E-state index is 12.4. The Bertz CT molecular complexity index is 811. The maximum Gasteiger partial charge on any atom is 0.220 e. The number of ketones is 1. The lowest BCUT2D eigenvalue weighted by Crippen LogP contribution is -2.58. The van der Waals surface area contributed by atoms with Crippen molar-refractivity contribution in [3.63, 3.8) is 0 Å². The molecule has 2 aliphatic heterocycles. The van der Waals surface area contributed by atoms with Crippen LogP contribution in [-0.4, -0.2) is 36.6 Å². The van der Waals surface area contributed by atoms with E-state index < -0.39 is 5.66 Å². The molecule has 0 unspecified atom stereocenters. The molecule has 26 heavy (non-hydrogen) atoms. The van der Waals surface area contributed by atoms with Gasteiger partial charge in [-0.3, -0.25) is 9.69 Å². The number of rotatable bonds is 2. The highest BCUT2D eigenvalue weighted by Crippen LogP contribution is 2.44. The highest BCUT2D eigenvalue weighted by Gasteiger charge is 2.44. The summed E-state index contributed by atoms with van der Waals surface area (Å²) in [7, 11) is 0. The highest BCUT2D eigenvalue weighted by atomic mass is 16.6. The van der Waals surface area contributed by atoms with Crippen molar-refractivity contribution in [1.29, 1.82) is 0 Å². The number of nitrogens with two attached hydrogens (primary N) is 2. The molecule has 1 saturated carbocycles. The van der Waals surface area contributed by atoms with E-state index in [1.165, 1.54) is 6.92 Å². The fourth-order valence-electron chi connectivity index (χ4n) is 4.01. The van der Waals surface area contributed by atoms with Gasteiger partial charge in [0.15, 0.2) is 17.3 Å². The summed E-state index contributed by atoms with van der Waals surface area (Å²) in [6.07, 6.45) is 4.77. The molecule has 0 atom stereocenters. The Morgan fingerprint density at radius 1 is 1.12 bits per heavy atom. The molecule has 8 nitrogen and oxygen atoms in total. The number of ether oxygens (including phenoxy) is 2. The second-order valence-corrected chi connectivity index (χ2v) is 6.89. The number of hydrogen-bond donors (Lipinski definition) is 2. The minimum Gasteiger partial charge on any atom is -0.486 e. The minimum atomic E-state index is -0.609. The van der Waals surface area contributed by atoms with E-state index in [4.69, 9.17) is 20.9 Å². The predicted molar refractivity (Wildman–Crippen MR) is 99.0 cm³/mol. The van der Waals surface area contributed by atoms with Crippen LogP contribution in [0.15, 0.2) is 22.1 Å². The molecule has 1 aromatic rings. The number of nitrogens with zero attached hydrogens (tertiary/aromatic N) is 3. The summed E-state index contributed by atoms with van der Waals surface area (Å²) in [5, 5.41) is 0. The molecule has 4 N–H and O–H groups in total. The maximum absolute atomic E-state index is 12.4. The van der Waals surface area contributed by atoms with Crippen molar-refractivity contribution in [2.24, 2.45) is 21.5 Å². The van der Waals surface area contributed by atoms with Crippen molar-refractivity contribution in [2.45, 2.75) is 44.7 Å². The topological polar surface area (TPSA) is 116 Å². The summed E-state index contributed by atoms with van der Waals surface area (Å²) in [6.45, 7) is 2.45. The normalized spacial score (nSPS) is 21.2. The summed E-state index contributed by atoms with van der Waals surface area (Å²) in [4.78, 5) is 23.1. The van der Waals surface area contributed by atoms with Crippen molar-refractivity contribution in [2.75, 3.05) is 18.1 Å². The number of hydrogen-bond acceptors (Lipinski definition) is 8. The van der Waals surface area contributed by atoms with Crippen LogP contribution in [0.4, 0.5) is 5.69 Å². The standard InChI is InChI=1S/C18H23N5O3/c1-11(24)12-9-14-15(26-8-7-25-14)10-13(12)23-17(20)21-16(19)22-18(23)5-3-2-4-6-18/h9-10H,2-8H2,1H3,(H4,19,20,21,22). The van der Waals surface area contributed by atoms with Crippen molar-refractivity contribution in [3.05, 3.63) is 17.7 Å². The Hall–Kier alpha value is -2.77. The molecule has 0 amide bonds. The van der Waals surface area contributed by atoms with E-state index in [0.29, 0.717) is 36.0 Å². The van der Waals surface area contributed by atoms with Gasteiger partial charge in [0, 0.05) is 11.6 Å². The SMILES string of the molecule is CC(=O)c1cc2c(cc1N1C(N)=NC(N)=NC13CCCCC3)OCCO2. The van der Waals surface area contributed by atoms with Crippen LogP contribution in [0, 0.1) is 0 Å². The summed E-state index contributed by atoms with van der Waals surface area (Å²) >= 11 is 0. The Labute approximate surface area is 151 Å². The Kier molecular flexibility index (Phi) is 3.97. The molecule has 0 bridgehead atoms. The lowest BCUT2D eigenvalue weighted by atomic mass is 9.86. The summed E-state index contributed by atoms with van der Waals surface area (Å²) in [5.41, 5.74) is 12.7. The second kappa shape index (κ2) is 6.19. The molecule has 0 saturated heterocycles. The fourth-order valence-corrected chi connectivity index (χ4v) is 4.01. The third-order valence-electron chi connectivity index (χ3n) is 5.13. The third kappa shape index (κ3) is 2.65. The molecule has 1 fully saturated rings. The molecule has 138 valence electrons. The average molecular weight is 357 g/mol. The zero-order chi connectivity index (χ0) is 18.3. The zero-order valence-electron chi connectivity index (χ0n) is 14.8. The van der Waals surface area contributed by atoms with E-state index in [1.807, 2.05) is 4.90 Å². The molecular weight excluding hydrogens is 334 g/mol. The quantitative estimate of drug-likeness (QED) is 0.779. The first-order chi connectivity index (χ1) is 12.5.